The van der Waals surface area contributed by atoms with Crippen LogP contribution in [0, 0.1) is 12.3 Å². The second-order valence-electron chi connectivity index (χ2n) is 4.39. The Morgan fingerprint density at radius 1 is 1.17 bits per heavy atom. The van der Waals surface area contributed by atoms with Crippen LogP contribution < -0.4 is 5.73 Å². The topological polar surface area (TPSA) is 62.8 Å². The molecule has 0 aliphatic heterocycles. The van der Waals surface area contributed by atoms with E-state index in [2.05, 4.69) is 36.2 Å². The third-order valence-electron chi connectivity index (χ3n) is 3.04. The third kappa shape index (κ3) is 2.94. The summed E-state index contributed by atoms with van der Waals surface area (Å²) in [6.07, 6.45) is 3.76. The number of amidine groups is 1. The number of nitrogens with two attached hydrogens (primary N) is 1. The van der Waals surface area contributed by atoms with Crippen molar-refractivity contribution in [2.75, 3.05) is 0 Å². The first kappa shape index (κ1) is 12.3. The molecule has 0 bridgehead atoms. The van der Waals surface area contributed by atoms with E-state index in [9.17, 15) is 0 Å². The highest BCUT2D eigenvalue weighted by Crippen LogP contribution is 2.11. The van der Waals surface area contributed by atoms with Crippen molar-refractivity contribution < 1.29 is 0 Å². The molecule has 0 aliphatic rings. The fourth-order valence-corrected chi connectivity index (χ4v) is 1.90. The highest BCUT2D eigenvalue weighted by molar-refractivity contribution is 5.92. The molecule has 0 saturated heterocycles. The molecule has 0 saturated carbocycles. The number of hydrogen-bond acceptors (Lipinski definition) is 2. The number of aromatic nitrogens is 1. The zero-order valence-electron chi connectivity index (χ0n) is 10.5. The van der Waals surface area contributed by atoms with Gasteiger partial charge in [-0.15, -0.1) is 0 Å². The van der Waals surface area contributed by atoms with Gasteiger partial charge < -0.3 is 5.73 Å². The number of nitrogen functional groups attached to an aromatic ring is 1. The smallest absolute Gasteiger partial charge is 0.141 e. The normalized spacial score (nSPS) is 10.3. The van der Waals surface area contributed by atoms with Crippen molar-refractivity contribution in [2.24, 2.45) is 5.73 Å². The van der Waals surface area contributed by atoms with E-state index in [4.69, 9.17) is 11.1 Å². The van der Waals surface area contributed by atoms with Crippen molar-refractivity contribution in [3.05, 3.63) is 65.0 Å². The SMILES string of the molecule is Cc1ccccc1CCc1ccc(C(=N)N)nc1. The lowest BCUT2D eigenvalue weighted by Gasteiger charge is -2.05. The number of benzene rings is 1. The maximum Gasteiger partial charge on any atom is 0.141 e. The molecule has 0 fully saturated rings. The van der Waals surface area contributed by atoms with Gasteiger partial charge in [0, 0.05) is 6.20 Å². The van der Waals surface area contributed by atoms with Crippen molar-refractivity contribution in [1.82, 2.24) is 4.98 Å². The van der Waals surface area contributed by atoms with Crippen molar-refractivity contribution in [2.45, 2.75) is 19.8 Å². The van der Waals surface area contributed by atoms with Gasteiger partial charge in [-0.05, 0) is 42.5 Å². The van der Waals surface area contributed by atoms with Gasteiger partial charge in [0.1, 0.15) is 11.5 Å². The van der Waals surface area contributed by atoms with E-state index in [-0.39, 0.29) is 5.84 Å². The first-order chi connectivity index (χ1) is 8.66. The number of nitrogens with one attached hydrogen (secondary N) is 1. The van der Waals surface area contributed by atoms with Crippen LogP contribution in [-0.2, 0) is 12.8 Å². The summed E-state index contributed by atoms with van der Waals surface area (Å²) in [5.74, 6) is 0.0143. The Bertz CT molecular complexity index is 544. The minimum absolute atomic E-state index is 0.0143. The number of aryl methyl sites for hydroxylation is 3. The molecule has 0 amide bonds. The van der Waals surface area contributed by atoms with Crippen LogP contribution in [0.15, 0.2) is 42.6 Å². The van der Waals surface area contributed by atoms with Crippen LogP contribution in [0.5, 0.6) is 0 Å². The summed E-state index contributed by atoms with van der Waals surface area (Å²) in [6.45, 7) is 2.13. The van der Waals surface area contributed by atoms with Gasteiger partial charge in [0.25, 0.3) is 0 Å². The van der Waals surface area contributed by atoms with Crippen LogP contribution in [0.3, 0.4) is 0 Å². The Balaban J connectivity index is 2.02. The predicted octanol–water partition coefficient (Wildman–Crippen LogP) is 2.46. The molecular weight excluding hydrogens is 222 g/mol. The first-order valence-corrected chi connectivity index (χ1v) is 6.00. The molecule has 0 aliphatic carbocycles. The van der Waals surface area contributed by atoms with E-state index in [0.29, 0.717) is 5.69 Å². The lowest BCUT2D eigenvalue weighted by Crippen LogP contribution is -2.12. The molecule has 3 heteroatoms. The number of pyridine rings is 1. The molecule has 92 valence electrons. The summed E-state index contributed by atoms with van der Waals surface area (Å²) >= 11 is 0. The molecule has 1 aromatic carbocycles. The van der Waals surface area contributed by atoms with Gasteiger partial charge in [0.2, 0.25) is 0 Å². The molecule has 18 heavy (non-hydrogen) atoms. The molecule has 0 radical (unpaired) electrons. The minimum atomic E-state index is 0.0143. The summed E-state index contributed by atoms with van der Waals surface area (Å²) in [4.78, 5) is 4.16. The third-order valence-corrected chi connectivity index (χ3v) is 3.04. The zero-order valence-corrected chi connectivity index (χ0v) is 10.5. The summed E-state index contributed by atoms with van der Waals surface area (Å²) in [5.41, 5.74) is 9.77. The van der Waals surface area contributed by atoms with Crippen molar-refractivity contribution in [3.63, 3.8) is 0 Å². The Labute approximate surface area is 107 Å². The van der Waals surface area contributed by atoms with Crippen LogP contribution >= 0.6 is 0 Å². The number of rotatable bonds is 4. The van der Waals surface area contributed by atoms with Crippen molar-refractivity contribution in [3.8, 4) is 0 Å². The van der Waals surface area contributed by atoms with Crippen LogP contribution in [0.2, 0.25) is 0 Å². The first-order valence-electron chi connectivity index (χ1n) is 6.00. The lowest BCUT2D eigenvalue weighted by atomic mass is 10.0. The highest BCUT2D eigenvalue weighted by atomic mass is 14.8. The quantitative estimate of drug-likeness (QED) is 0.636. The monoisotopic (exact) mass is 239 g/mol. The molecule has 3 nitrogen and oxygen atoms in total. The summed E-state index contributed by atoms with van der Waals surface area (Å²) in [6, 6.07) is 12.2. The standard InChI is InChI=1S/C15H17N3/c1-11-4-2-3-5-13(11)8-6-12-7-9-14(15(16)17)18-10-12/h2-5,7,9-10H,6,8H2,1H3,(H3,16,17). The van der Waals surface area contributed by atoms with Gasteiger partial charge in [0.15, 0.2) is 0 Å². The van der Waals surface area contributed by atoms with Crippen LogP contribution in [-0.4, -0.2) is 10.8 Å². The molecule has 1 aromatic heterocycles. The van der Waals surface area contributed by atoms with Gasteiger partial charge in [0.05, 0.1) is 0 Å². The molecule has 3 N–H and O–H groups in total. The molecule has 1 heterocycles. The molecular formula is C15H17N3. The van der Waals surface area contributed by atoms with Gasteiger partial charge in [-0.25, -0.2) is 0 Å². The van der Waals surface area contributed by atoms with Gasteiger partial charge in [-0.2, -0.15) is 0 Å². The van der Waals surface area contributed by atoms with Gasteiger partial charge >= 0.3 is 0 Å². The number of nitrogens with zero attached hydrogens (tertiary/aromatic N) is 1. The summed E-state index contributed by atoms with van der Waals surface area (Å²) < 4.78 is 0. The maximum absolute atomic E-state index is 7.29. The number of hydrogen-bond donors (Lipinski definition) is 2. The average molecular weight is 239 g/mol. The molecule has 0 unspecified atom stereocenters. The summed E-state index contributed by atoms with van der Waals surface area (Å²) in [7, 11) is 0. The molecule has 0 spiro atoms. The Morgan fingerprint density at radius 2 is 1.94 bits per heavy atom. The van der Waals surface area contributed by atoms with E-state index in [1.54, 1.807) is 12.3 Å². The highest BCUT2D eigenvalue weighted by Gasteiger charge is 2.01. The minimum Gasteiger partial charge on any atom is -0.382 e. The Hall–Kier alpha value is -2.16. The van der Waals surface area contributed by atoms with E-state index in [1.165, 1.54) is 16.7 Å². The molecule has 0 atom stereocenters. The van der Waals surface area contributed by atoms with E-state index >= 15 is 0 Å². The van der Waals surface area contributed by atoms with E-state index in [0.717, 1.165) is 12.8 Å². The fourth-order valence-electron chi connectivity index (χ4n) is 1.90. The van der Waals surface area contributed by atoms with Gasteiger partial charge in [-0.3, -0.25) is 10.4 Å². The lowest BCUT2D eigenvalue weighted by molar-refractivity contribution is 0.939. The van der Waals surface area contributed by atoms with Crippen LogP contribution in [0.1, 0.15) is 22.4 Å². The second-order valence-corrected chi connectivity index (χ2v) is 4.39. The van der Waals surface area contributed by atoms with Crippen molar-refractivity contribution >= 4 is 5.84 Å². The van der Waals surface area contributed by atoms with E-state index < -0.39 is 0 Å². The van der Waals surface area contributed by atoms with E-state index in [1.807, 2.05) is 6.07 Å². The second kappa shape index (κ2) is 5.45. The van der Waals surface area contributed by atoms with Crippen LogP contribution in [0.4, 0.5) is 0 Å². The molecule has 2 rings (SSSR count). The largest absolute Gasteiger partial charge is 0.382 e. The summed E-state index contributed by atoms with van der Waals surface area (Å²) in [5, 5.41) is 7.29. The van der Waals surface area contributed by atoms with Crippen LogP contribution in [0.25, 0.3) is 0 Å². The average Bonchev–Trinajstić information content (AvgIpc) is 2.38. The van der Waals surface area contributed by atoms with Crippen molar-refractivity contribution in [1.29, 1.82) is 5.41 Å². The Morgan fingerprint density at radius 3 is 2.56 bits per heavy atom. The fraction of sp³-hybridized carbons (Fsp3) is 0.200. The predicted molar refractivity (Wildman–Crippen MR) is 73.8 cm³/mol. The maximum atomic E-state index is 7.29. The zero-order chi connectivity index (χ0) is 13.0. The van der Waals surface area contributed by atoms with Gasteiger partial charge in [-0.1, -0.05) is 30.3 Å². The Kier molecular flexibility index (Phi) is 3.72. The molecule has 2 aromatic rings.